The van der Waals surface area contributed by atoms with E-state index in [1.807, 2.05) is 54.6 Å². The van der Waals surface area contributed by atoms with E-state index in [2.05, 4.69) is 10.6 Å². The molecular weight excluding hydrogens is 342 g/mol. The van der Waals surface area contributed by atoms with Crippen LogP contribution in [-0.2, 0) is 4.79 Å². The lowest BCUT2D eigenvalue weighted by atomic mass is 9.88. The summed E-state index contributed by atoms with van der Waals surface area (Å²) in [5.41, 5.74) is 2.16. The highest BCUT2D eigenvalue weighted by Crippen LogP contribution is 2.29. The first-order valence-corrected chi connectivity index (χ1v) is 9.15. The molecule has 3 rings (SSSR count). The summed E-state index contributed by atoms with van der Waals surface area (Å²) in [6, 6.07) is 17.8. The van der Waals surface area contributed by atoms with E-state index in [-0.39, 0.29) is 17.9 Å². The Morgan fingerprint density at radius 3 is 2.48 bits per heavy atom. The van der Waals surface area contributed by atoms with Crippen LogP contribution in [-0.4, -0.2) is 50.1 Å². The lowest BCUT2D eigenvalue weighted by Crippen LogP contribution is -2.37. The van der Waals surface area contributed by atoms with Crippen molar-refractivity contribution >= 4 is 11.9 Å². The summed E-state index contributed by atoms with van der Waals surface area (Å²) in [6.07, 6.45) is 0.350. The average Bonchev–Trinajstić information content (AvgIpc) is 3.12. The number of amides is 3. The molecule has 2 aromatic carbocycles. The van der Waals surface area contributed by atoms with Crippen molar-refractivity contribution < 1.29 is 14.3 Å². The molecule has 3 amide bonds. The number of ether oxygens (including phenoxy) is 1. The van der Waals surface area contributed by atoms with Gasteiger partial charge in [0.2, 0.25) is 5.91 Å². The number of hydrogen-bond donors (Lipinski definition) is 2. The normalized spacial score (nSPS) is 14.6. The molecule has 1 aliphatic rings. The summed E-state index contributed by atoms with van der Waals surface area (Å²) >= 11 is 0. The summed E-state index contributed by atoms with van der Waals surface area (Å²) in [5, 5.41) is 5.69. The first-order valence-electron chi connectivity index (χ1n) is 9.15. The molecule has 0 saturated carbocycles. The zero-order valence-corrected chi connectivity index (χ0v) is 15.5. The fourth-order valence-corrected chi connectivity index (χ4v) is 3.26. The number of methoxy groups -OCH3 is 1. The molecule has 6 nitrogen and oxygen atoms in total. The van der Waals surface area contributed by atoms with Crippen LogP contribution in [0.25, 0.3) is 0 Å². The van der Waals surface area contributed by atoms with E-state index in [1.165, 1.54) is 0 Å². The van der Waals surface area contributed by atoms with Gasteiger partial charge in [0.15, 0.2) is 0 Å². The Bertz CT molecular complexity index is 762. The number of benzene rings is 2. The number of nitrogens with zero attached hydrogens (tertiary/aromatic N) is 1. The van der Waals surface area contributed by atoms with Gasteiger partial charge in [0, 0.05) is 38.5 Å². The molecule has 27 heavy (non-hydrogen) atoms. The van der Waals surface area contributed by atoms with E-state index < -0.39 is 0 Å². The van der Waals surface area contributed by atoms with Crippen molar-refractivity contribution in [3.8, 4) is 5.75 Å². The van der Waals surface area contributed by atoms with E-state index in [0.717, 1.165) is 16.9 Å². The highest BCUT2D eigenvalue weighted by atomic mass is 16.5. The standard InChI is InChI=1S/C21H25N3O3/c1-27-18-9-7-17(8-10-18)19(16-5-3-2-4-6-16)15-20(25)22-11-13-24-14-12-23-21(24)26/h2-10,19H,11-15H2,1H3,(H,22,25)(H,23,26)/t19-/m1/s1. The predicted octanol–water partition coefficient (Wildman–Crippen LogP) is 2.36. The third kappa shape index (κ3) is 5.00. The van der Waals surface area contributed by atoms with Crippen LogP contribution in [0, 0.1) is 0 Å². The Labute approximate surface area is 159 Å². The number of rotatable bonds is 8. The maximum Gasteiger partial charge on any atom is 0.317 e. The molecule has 0 radical (unpaired) electrons. The van der Waals surface area contributed by atoms with E-state index in [4.69, 9.17) is 4.74 Å². The van der Waals surface area contributed by atoms with Crippen molar-refractivity contribution in [1.82, 2.24) is 15.5 Å². The number of hydrogen-bond acceptors (Lipinski definition) is 3. The smallest absolute Gasteiger partial charge is 0.317 e. The second kappa shape index (κ2) is 9.07. The fourth-order valence-electron chi connectivity index (χ4n) is 3.26. The van der Waals surface area contributed by atoms with Crippen LogP contribution in [0.3, 0.4) is 0 Å². The number of carbonyl (C=O) groups is 2. The zero-order chi connectivity index (χ0) is 19.1. The van der Waals surface area contributed by atoms with Crippen molar-refractivity contribution in [3.05, 3.63) is 65.7 Å². The van der Waals surface area contributed by atoms with Gasteiger partial charge in [0.05, 0.1) is 7.11 Å². The Morgan fingerprint density at radius 1 is 1.15 bits per heavy atom. The third-order valence-electron chi connectivity index (χ3n) is 4.76. The molecular formula is C21H25N3O3. The highest BCUT2D eigenvalue weighted by molar-refractivity contribution is 5.78. The second-order valence-corrected chi connectivity index (χ2v) is 6.51. The maximum absolute atomic E-state index is 12.5. The SMILES string of the molecule is COc1ccc([C@H](CC(=O)NCCN2CCNC2=O)c2ccccc2)cc1. The van der Waals surface area contributed by atoms with Crippen molar-refractivity contribution in [2.75, 3.05) is 33.3 Å². The first-order chi connectivity index (χ1) is 13.2. The molecule has 0 unspecified atom stereocenters. The summed E-state index contributed by atoms with van der Waals surface area (Å²) in [7, 11) is 1.64. The van der Waals surface area contributed by atoms with Gasteiger partial charge in [0.25, 0.3) is 0 Å². The van der Waals surface area contributed by atoms with Crippen molar-refractivity contribution in [2.24, 2.45) is 0 Å². The maximum atomic E-state index is 12.5. The van der Waals surface area contributed by atoms with Gasteiger partial charge in [-0.2, -0.15) is 0 Å². The lowest BCUT2D eigenvalue weighted by Gasteiger charge is -2.19. The van der Waals surface area contributed by atoms with Crippen LogP contribution in [0.2, 0.25) is 0 Å². The lowest BCUT2D eigenvalue weighted by molar-refractivity contribution is -0.121. The number of carbonyl (C=O) groups excluding carboxylic acids is 2. The summed E-state index contributed by atoms with van der Waals surface area (Å²) in [6.45, 7) is 2.33. The topological polar surface area (TPSA) is 70.7 Å². The molecule has 2 N–H and O–H groups in total. The first kappa shape index (κ1) is 18.8. The van der Waals surface area contributed by atoms with E-state index in [9.17, 15) is 9.59 Å². The number of nitrogens with one attached hydrogen (secondary N) is 2. The third-order valence-corrected chi connectivity index (χ3v) is 4.76. The van der Waals surface area contributed by atoms with Crippen LogP contribution in [0.15, 0.2) is 54.6 Å². The summed E-state index contributed by atoms with van der Waals surface area (Å²) < 4.78 is 5.23. The molecule has 0 bridgehead atoms. The van der Waals surface area contributed by atoms with Gasteiger partial charge in [-0.3, -0.25) is 4.79 Å². The van der Waals surface area contributed by atoms with Gasteiger partial charge in [0.1, 0.15) is 5.75 Å². The zero-order valence-electron chi connectivity index (χ0n) is 15.5. The summed E-state index contributed by atoms with van der Waals surface area (Å²) in [4.78, 5) is 25.8. The van der Waals surface area contributed by atoms with Crippen LogP contribution < -0.4 is 15.4 Å². The van der Waals surface area contributed by atoms with Gasteiger partial charge in [-0.15, -0.1) is 0 Å². The van der Waals surface area contributed by atoms with Crippen LogP contribution in [0.5, 0.6) is 5.75 Å². The molecule has 1 saturated heterocycles. The van der Waals surface area contributed by atoms with Crippen molar-refractivity contribution in [1.29, 1.82) is 0 Å². The van der Waals surface area contributed by atoms with Gasteiger partial charge in [-0.05, 0) is 23.3 Å². The number of urea groups is 1. The van der Waals surface area contributed by atoms with Crippen molar-refractivity contribution in [3.63, 3.8) is 0 Å². The average molecular weight is 367 g/mol. The molecule has 2 aromatic rings. The second-order valence-electron chi connectivity index (χ2n) is 6.51. The molecule has 1 fully saturated rings. The molecule has 0 spiro atoms. The molecule has 1 heterocycles. The Kier molecular flexibility index (Phi) is 6.30. The van der Waals surface area contributed by atoms with Crippen LogP contribution in [0.4, 0.5) is 4.79 Å². The van der Waals surface area contributed by atoms with Crippen LogP contribution in [0.1, 0.15) is 23.5 Å². The van der Waals surface area contributed by atoms with Crippen LogP contribution >= 0.6 is 0 Å². The largest absolute Gasteiger partial charge is 0.497 e. The fraction of sp³-hybridized carbons (Fsp3) is 0.333. The predicted molar refractivity (Wildman–Crippen MR) is 104 cm³/mol. The molecule has 6 heteroatoms. The monoisotopic (exact) mass is 367 g/mol. The molecule has 0 aromatic heterocycles. The van der Waals surface area contributed by atoms with E-state index in [0.29, 0.717) is 32.6 Å². The van der Waals surface area contributed by atoms with Gasteiger partial charge >= 0.3 is 6.03 Å². The quantitative estimate of drug-likeness (QED) is 0.752. The molecule has 142 valence electrons. The van der Waals surface area contributed by atoms with Crippen molar-refractivity contribution in [2.45, 2.75) is 12.3 Å². The van der Waals surface area contributed by atoms with Gasteiger partial charge < -0.3 is 20.3 Å². The highest BCUT2D eigenvalue weighted by Gasteiger charge is 2.20. The molecule has 1 aliphatic heterocycles. The Hall–Kier alpha value is -3.02. The minimum atomic E-state index is -0.0651. The van der Waals surface area contributed by atoms with E-state index >= 15 is 0 Å². The molecule has 1 atom stereocenters. The summed E-state index contributed by atoms with van der Waals surface area (Å²) in [5.74, 6) is 0.727. The minimum absolute atomic E-state index is 0.0284. The molecule has 0 aliphatic carbocycles. The minimum Gasteiger partial charge on any atom is -0.497 e. The van der Waals surface area contributed by atoms with Gasteiger partial charge in [-0.25, -0.2) is 4.79 Å². The van der Waals surface area contributed by atoms with E-state index in [1.54, 1.807) is 12.0 Å². The van der Waals surface area contributed by atoms with Gasteiger partial charge in [-0.1, -0.05) is 42.5 Å². The Morgan fingerprint density at radius 2 is 1.85 bits per heavy atom. The Balaban J connectivity index is 1.63.